The van der Waals surface area contributed by atoms with E-state index in [-0.39, 0.29) is 23.5 Å². The van der Waals surface area contributed by atoms with Gasteiger partial charge in [-0.05, 0) is 42.3 Å². The van der Waals surface area contributed by atoms with Crippen molar-refractivity contribution in [2.75, 3.05) is 13.1 Å². The Hall–Kier alpha value is -2.60. The monoisotopic (exact) mass is 385 g/mol. The van der Waals surface area contributed by atoms with Gasteiger partial charge >= 0.3 is 0 Å². The molecule has 1 aromatic carbocycles. The minimum atomic E-state index is -0.625. The molecule has 0 fully saturated rings. The van der Waals surface area contributed by atoms with Crippen LogP contribution in [-0.2, 0) is 17.9 Å². The van der Waals surface area contributed by atoms with Crippen LogP contribution in [0.1, 0.15) is 49.4 Å². The van der Waals surface area contributed by atoms with E-state index in [0.29, 0.717) is 6.54 Å². The molecule has 152 valence electrons. The van der Waals surface area contributed by atoms with Crippen molar-refractivity contribution in [1.82, 2.24) is 15.5 Å². The van der Waals surface area contributed by atoms with E-state index in [1.54, 1.807) is 12.1 Å². The minimum absolute atomic E-state index is 0.0460. The Morgan fingerprint density at radius 2 is 1.68 bits per heavy atom. The molecule has 0 unspecified atom stereocenters. The van der Waals surface area contributed by atoms with Crippen LogP contribution in [0.2, 0.25) is 0 Å². The predicted octanol–water partition coefficient (Wildman–Crippen LogP) is 3.19. The largest absolute Gasteiger partial charge is 0.459 e. The van der Waals surface area contributed by atoms with Crippen molar-refractivity contribution in [3.05, 3.63) is 59.5 Å². The van der Waals surface area contributed by atoms with Crippen LogP contribution in [0, 0.1) is 5.92 Å². The molecule has 6 nitrogen and oxygen atoms in total. The van der Waals surface area contributed by atoms with Crippen molar-refractivity contribution in [3.8, 4) is 0 Å². The second-order valence-electron chi connectivity index (χ2n) is 7.17. The van der Waals surface area contributed by atoms with Crippen molar-refractivity contribution in [2.45, 2.75) is 46.8 Å². The molecule has 1 atom stereocenters. The zero-order chi connectivity index (χ0) is 20.5. The summed E-state index contributed by atoms with van der Waals surface area (Å²) in [7, 11) is 0. The first kappa shape index (κ1) is 21.7. The first-order chi connectivity index (χ1) is 13.4. The van der Waals surface area contributed by atoms with Gasteiger partial charge in [0, 0.05) is 13.1 Å². The van der Waals surface area contributed by atoms with Crippen molar-refractivity contribution in [3.63, 3.8) is 0 Å². The molecule has 28 heavy (non-hydrogen) atoms. The van der Waals surface area contributed by atoms with E-state index in [9.17, 15) is 9.59 Å². The molecule has 2 N–H and O–H groups in total. The Morgan fingerprint density at radius 3 is 2.21 bits per heavy atom. The minimum Gasteiger partial charge on any atom is -0.459 e. The topological polar surface area (TPSA) is 74.6 Å². The molecule has 2 aromatic rings. The fraction of sp³-hybridized carbons (Fsp3) is 0.455. The lowest BCUT2D eigenvalue weighted by molar-refractivity contribution is -0.124. The quantitative estimate of drug-likeness (QED) is 0.659. The summed E-state index contributed by atoms with van der Waals surface area (Å²) in [5.74, 6) is -0.445. The molecular formula is C22H31N3O3. The lowest BCUT2D eigenvalue weighted by Gasteiger charge is -2.21. The normalized spacial score (nSPS) is 12.2. The van der Waals surface area contributed by atoms with Crippen molar-refractivity contribution in [2.24, 2.45) is 5.92 Å². The van der Waals surface area contributed by atoms with E-state index in [4.69, 9.17) is 4.42 Å². The summed E-state index contributed by atoms with van der Waals surface area (Å²) in [5.41, 5.74) is 2.28. The van der Waals surface area contributed by atoms with Gasteiger partial charge in [0.2, 0.25) is 5.91 Å². The summed E-state index contributed by atoms with van der Waals surface area (Å²) < 4.78 is 5.09. The summed E-state index contributed by atoms with van der Waals surface area (Å²) in [6.45, 7) is 11.5. The highest BCUT2D eigenvalue weighted by atomic mass is 16.3. The van der Waals surface area contributed by atoms with Gasteiger partial charge in [-0.2, -0.15) is 0 Å². The molecule has 0 spiro atoms. The molecule has 0 aliphatic rings. The number of hydrogen-bond acceptors (Lipinski definition) is 4. The number of benzene rings is 1. The fourth-order valence-electron chi connectivity index (χ4n) is 2.92. The van der Waals surface area contributed by atoms with E-state index in [2.05, 4.69) is 41.5 Å². The van der Waals surface area contributed by atoms with E-state index in [1.165, 1.54) is 11.8 Å². The van der Waals surface area contributed by atoms with Crippen LogP contribution in [0.25, 0.3) is 0 Å². The molecular weight excluding hydrogens is 354 g/mol. The first-order valence-electron chi connectivity index (χ1n) is 9.86. The number of amides is 2. The zero-order valence-electron chi connectivity index (χ0n) is 17.2. The van der Waals surface area contributed by atoms with Gasteiger partial charge in [0.15, 0.2) is 5.76 Å². The Balaban J connectivity index is 1.90. The van der Waals surface area contributed by atoms with Gasteiger partial charge in [-0.25, -0.2) is 0 Å². The smallest absolute Gasteiger partial charge is 0.287 e. The van der Waals surface area contributed by atoms with Crippen LogP contribution < -0.4 is 10.6 Å². The number of furan rings is 1. The molecule has 2 rings (SSSR count). The summed E-state index contributed by atoms with van der Waals surface area (Å²) in [6.07, 6.45) is 1.43. The molecule has 2 amide bonds. The summed E-state index contributed by atoms with van der Waals surface area (Å²) >= 11 is 0. The average molecular weight is 386 g/mol. The van der Waals surface area contributed by atoms with Gasteiger partial charge in [0.1, 0.15) is 6.04 Å². The van der Waals surface area contributed by atoms with Crippen molar-refractivity contribution < 1.29 is 14.0 Å². The second kappa shape index (κ2) is 10.7. The molecule has 0 aliphatic heterocycles. The van der Waals surface area contributed by atoms with Crippen molar-refractivity contribution in [1.29, 1.82) is 0 Å². The molecule has 0 radical (unpaired) electrons. The van der Waals surface area contributed by atoms with E-state index in [0.717, 1.165) is 25.2 Å². The van der Waals surface area contributed by atoms with Crippen LogP contribution in [0.15, 0.2) is 47.1 Å². The van der Waals surface area contributed by atoms with Gasteiger partial charge in [-0.1, -0.05) is 52.0 Å². The lowest BCUT2D eigenvalue weighted by atomic mass is 10.0. The number of hydrogen-bond donors (Lipinski definition) is 2. The second-order valence-corrected chi connectivity index (χ2v) is 7.17. The summed E-state index contributed by atoms with van der Waals surface area (Å²) in [4.78, 5) is 27.1. The molecule has 0 saturated carbocycles. The van der Waals surface area contributed by atoms with Gasteiger partial charge in [0.25, 0.3) is 5.91 Å². The molecule has 0 aliphatic carbocycles. The average Bonchev–Trinajstić information content (AvgIpc) is 3.24. The Kier molecular flexibility index (Phi) is 8.26. The molecule has 0 saturated heterocycles. The standard InChI is InChI=1S/C22H31N3O3/c1-5-25(6-2)15-18-11-9-17(10-12-18)14-23-22(27)20(16(3)4)24-21(26)19-8-7-13-28-19/h7-13,16,20H,5-6,14-15H2,1-4H3,(H,23,27)(H,24,26)/t20-/m0/s1. The molecule has 0 bridgehead atoms. The van der Waals surface area contributed by atoms with Crippen LogP contribution in [0.5, 0.6) is 0 Å². The van der Waals surface area contributed by atoms with Crippen LogP contribution >= 0.6 is 0 Å². The van der Waals surface area contributed by atoms with Gasteiger partial charge < -0.3 is 15.1 Å². The Morgan fingerprint density at radius 1 is 1.04 bits per heavy atom. The maximum atomic E-state index is 12.6. The van der Waals surface area contributed by atoms with Gasteiger partial charge in [-0.3, -0.25) is 14.5 Å². The zero-order valence-corrected chi connectivity index (χ0v) is 17.2. The lowest BCUT2D eigenvalue weighted by Crippen LogP contribution is -2.49. The maximum Gasteiger partial charge on any atom is 0.287 e. The fourth-order valence-corrected chi connectivity index (χ4v) is 2.92. The SMILES string of the molecule is CCN(CC)Cc1ccc(CNC(=O)[C@@H](NC(=O)c2ccco2)C(C)C)cc1. The Bertz CT molecular complexity index is 735. The Labute approximate surface area is 167 Å². The number of carbonyl (C=O) groups is 2. The molecule has 1 aromatic heterocycles. The number of nitrogens with zero attached hydrogens (tertiary/aromatic N) is 1. The van der Waals surface area contributed by atoms with Crippen LogP contribution in [0.4, 0.5) is 0 Å². The third-order valence-electron chi connectivity index (χ3n) is 4.77. The highest BCUT2D eigenvalue weighted by Crippen LogP contribution is 2.09. The van der Waals surface area contributed by atoms with E-state index < -0.39 is 6.04 Å². The predicted molar refractivity (Wildman–Crippen MR) is 110 cm³/mol. The van der Waals surface area contributed by atoms with E-state index in [1.807, 2.05) is 26.0 Å². The van der Waals surface area contributed by atoms with Gasteiger partial charge in [0.05, 0.1) is 6.26 Å². The van der Waals surface area contributed by atoms with Crippen LogP contribution in [0.3, 0.4) is 0 Å². The molecule has 6 heteroatoms. The third-order valence-corrected chi connectivity index (χ3v) is 4.77. The highest BCUT2D eigenvalue weighted by Gasteiger charge is 2.25. The summed E-state index contributed by atoms with van der Waals surface area (Å²) in [6, 6.07) is 10.8. The van der Waals surface area contributed by atoms with Crippen molar-refractivity contribution >= 4 is 11.8 Å². The summed E-state index contributed by atoms with van der Waals surface area (Å²) in [5, 5.41) is 5.67. The van der Waals surface area contributed by atoms with Gasteiger partial charge in [-0.15, -0.1) is 0 Å². The van der Waals surface area contributed by atoms with E-state index >= 15 is 0 Å². The highest BCUT2D eigenvalue weighted by molar-refractivity contribution is 5.95. The number of nitrogens with one attached hydrogen (secondary N) is 2. The number of rotatable bonds is 10. The molecule has 1 heterocycles. The van der Waals surface area contributed by atoms with Crippen LogP contribution in [-0.4, -0.2) is 35.8 Å². The first-order valence-corrected chi connectivity index (χ1v) is 9.86. The third kappa shape index (κ3) is 6.23. The number of carbonyl (C=O) groups excluding carboxylic acids is 2. The maximum absolute atomic E-state index is 12.6.